The molecule has 1 saturated carbocycles. The third-order valence-electron chi connectivity index (χ3n) is 3.42. The van der Waals surface area contributed by atoms with Gasteiger partial charge in [0, 0.05) is 25.6 Å². The second-order valence-corrected chi connectivity index (χ2v) is 4.98. The Bertz CT molecular complexity index is 666. The van der Waals surface area contributed by atoms with Gasteiger partial charge in [0.05, 0.1) is 12.2 Å². The SMILES string of the molecule is Cn1ccnc1[C@H](NC(=O)c1c[nH]c(=O)cn1)C1CC1. The number of carbonyl (C=O) groups is 1. The number of aromatic amines is 1. The molecule has 2 heterocycles. The highest BCUT2D eigenvalue weighted by Crippen LogP contribution is 2.40. The van der Waals surface area contributed by atoms with Crippen molar-refractivity contribution < 1.29 is 4.79 Å². The molecule has 0 bridgehead atoms. The van der Waals surface area contributed by atoms with Gasteiger partial charge in [0.1, 0.15) is 11.5 Å². The molecular formula is C13H15N5O2. The van der Waals surface area contributed by atoms with Gasteiger partial charge in [-0.2, -0.15) is 0 Å². The summed E-state index contributed by atoms with van der Waals surface area (Å²) in [4.78, 5) is 33.7. The zero-order valence-electron chi connectivity index (χ0n) is 11.0. The van der Waals surface area contributed by atoms with Crippen LogP contribution in [0.15, 0.2) is 29.6 Å². The first-order chi connectivity index (χ1) is 9.65. The fourth-order valence-electron chi connectivity index (χ4n) is 2.18. The maximum atomic E-state index is 12.2. The highest BCUT2D eigenvalue weighted by molar-refractivity contribution is 5.92. The van der Waals surface area contributed by atoms with Gasteiger partial charge in [0.25, 0.3) is 11.5 Å². The number of H-pyrrole nitrogens is 1. The van der Waals surface area contributed by atoms with Gasteiger partial charge in [-0.05, 0) is 18.8 Å². The van der Waals surface area contributed by atoms with Gasteiger partial charge in [-0.1, -0.05) is 0 Å². The average Bonchev–Trinajstić information content (AvgIpc) is 3.19. The topological polar surface area (TPSA) is 92.7 Å². The van der Waals surface area contributed by atoms with Gasteiger partial charge in [0.2, 0.25) is 0 Å². The number of aryl methyl sites for hydroxylation is 1. The summed E-state index contributed by atoms with van der Waals surface area (Å²) in [5, 5.41) is 2.95. The number of imidazole rings is 1. The summed E-state index contributed by atoms with van der Waals surface area (Å²) in [6.07, 6.45) is 8.15. The molecule has 2 aromatic heterocycles. The standard InChI is InChI=1S/C13H15N5O2/c1-18-5-4-14-12(18)11(8-2-3-8)17-13(20)9-6-16-10(19)7-15-9/h4-8,11H,2-3H2,1H3,(H,16,19)(H,17,20)/t11-/m1/s1. The molecule has 0 spiro atoms. The molecule has 1 aliphatic carbocycles. The minimum Gasteiger partial charge on any atom is -0.340 e. The van der Waals surface area contributed by atoms with Crippen LogP contribution in [0.25, 0.3) is 0 Å². The number of aromatic nitrogens is 4. The molecule has 7 heteroatoms. The normalized spacial score (nSPS) is 15.8. The molecule has 0 aliphatic heterocycles. The molecule has 1 fully saturated rings. The fourth-order valence-corrected chi connectivity index (χ4v) is 2.18. The monoisotopic (exact) mass is 273 g/mol. The van der Waals surface area contributed by atoms with Crippen molar-refractivity contribution in [3.8, 4) is 0 Å². The van der Waals surface area contributed by atoms with Crippen molar-refractivity contribution >= 4 is 5.91 Å². The van der Waals surface area contributed by atoms with Crippen molar-refractivity contribution in [2.45, 2.75) is 18.9 Å². The lowest BCUT2D eigenvalue weighted by Gasteiger charge is -2.17. The first-order valence-corrected chi connectivity index (χ1v) is 6.48. The van der Waals surface area contributed by atoms with Gasteiger partial charge >= 0.3 is 0 Å². The third kappa shape index (κ3) is 2.47. The maximum Gasteiger partial charge on any atom is 0.271 e. The molecule has 0 aromatic carbocycles. The van der Waals surface area contributed by atoms with E-state index in [0.29, 0.717) is 5.92 Å². The Morgan fingerprint density at radius 2 is 2.30 bits per heavy atom. The van der Waals surface area contributed by atoms with E-state index in [2.05, 4.69) is 20.3 Å². The lowest BCUT2D eigenvalue weighted by molar-refractivity contribution is 0.0923. The summed E-state index contributed by atoms with van der Waals surface area (Å²) < 4.78 is 1.91. The maximum absolute atomic E-state index is 12.2. The van der Waals surface area contributed by atoms with Crippen LogP contribution in [0.2, 0.25) is 0 Å². The smallest absolute Gasteiger partial charge is 0.271 e. The first kappa shape index (κ1) is 12.6. The Morgan fingerprint density at radius 3 is 2.85 bits per heavy atom. The van der Waals surface area contributed by atoms with Crippen LogP contribution in [0, 0.1) is 5.92 Å². The molecule has 104 valence electrons. The zero-order chi connectivity index (χ0) is 14.1. The average molecular weight is 273 g/mol. The van der Waals surface area contributed by atoms with Crippen LogP contribution in [-0.2, 0) is 7.05 Å². The fraction of sp³-hybridized carbons (Fsp3) is 0.385. The van der Waals surface area contributed by atoms with Gasteiger partial charge in [0.15, 0.2) is 0 Å². The molecule has 3 rings (SSSR count). The van der Waals surface area contributed by atoms with Crippen LogP contribution < -0.4 is 10.9 Å². The van der Waals surface area contributed by atoms with Crippen LogP contribution in [0.4, 0.5) is 0 Å². The molecule has 7 nitrogen and oxygen atoms in total. The van der Waals surface area contributed by atoms with Crippen molar-refractivity contribution in [3.05, 3.63) is 46.7 Å². The molecule has 20 heavy (non-hydrogen) atoms. The second-order valence-electron chi connectivity index (χ2n) is 4.98. The highest BCUT2D eigenvalue weighted by atomic mass is 16.2. The van der Waals surface area contributed by atoms with E-state index in [0.717, 1.165) is 24.9 Å². The van der Waals surface area contributed by atoms with E-state index in [1.807, 2.05) is 17.8 Å². The molecule has 2 N–H and O–H groups in total. The van der Waals surface area contributed by atoms with Crippen LogP contribution in [0.3, 0.4) is 0 Å². The number of nitrogens with zero attached hydrogens (tertiary/aromatic N) is 3. The number of hydrogen-bond donors (Lipinski definition) is 2. The van der Waals surface area contributed by atoms with Crippen LogP contribution in [0.5, 0.6) is 0 Å². The molecule has 1 amide bonds. The van der Waals surface area contributed by atoms with Crippen molar-refractivity contribution in [1.29, 1.82) is 0 Å². The molecule has 1 aliphatic rings. The van der Waals surface area contributed by atoms with E-state index in [1.54, 1.807) is 6.20 Å². The van der Waals surface area contributed by atoms with Crippen molar-refractivity contribution in [2.24, 2.45) is 13.0 Å². The Hall–Kier alpha value is -2.44. The van der Waals surface area contributed by atoms with Crippen LogP contribution >= 0.6 is 0 Å². The van der Waals surface area contributed by atoms with E-state index >= 15 is 0 Å². The van der Waals surface area contributed by atoms with E-state index in [4.69, 9.17) is 0 Å². The van der Waals surface area contributed by atoms with Gasteiger partial charge in [-0.3, -0.25) is 9.59 Å². The lowest BCUT2D eigenvalue weighted by atomic mass is 10.1. The Kier molecular flexibility index (Phi) is 3.09. The van der Waals surface area contributed by atoms with Crippen molar-refractivity contribution in [1.82, 2.24) is 24.8 Å². The van der Waals surface area contributed by atoms with Gasteiger partial charge < -0.3 is 14.9 Å². The van der Waals surface area contributed by atoms with Crippen LogP contribution in [0.1, 0.15) is 35.2 Å². The number of amides is 1. The molecule has 0 saturated heterocycles. The summed E-state index contributed by atoms with van der Waals surface area (Å²) in [5.74, 6) is 0.953. The van der Waals surface area contributed by atoms with E-state index in [-0.39, 0.29) is 23.2 Å². The second kappa shape index (κ2) is 4.92. The van der Waals surface area contributed by atoms with Gasteiger partial charge in [-0.25, -0.2) is 9.97 Å². The largest absolute Gasteiger partial charge is 0.340 e. The van der Waals surface area contributed by atoms with Gasteiger partial charge in [-0.15, -0.1) is 0 Å². The van der Waals surface area contributed by atoms with Crippen molar-refractivity contribution in [2.75, 3.05) is 0 Å². The van der Waals surface area contributed by atoms with E-state index < -0.39 is 0 Å². The molecular weight excluding hydrogens is 258 g/mol. The number of nitrogens with one attached hydrogen (secondary N) is 2. The molecule has 1 atom stereocenters. The summed E-state index contributed by atoms with van der Waals surface area (Å²) in [6, 6.07) is -0.115. The highest BCUT2D eigenvalue weighted by Gasteiger charge is 2.36. The Balaban J connectivity index is 1.80. The molecule has 0 unspecified atom stereocenters. The zero-order valence-corrected chi connectivity index (χ0v) is 11.0. The number of hydrogen-bond acceptors (Lipinski definition) is 4. The number of rotatable bonds is 4. The summed E-state index contributed by atoms with van der Waals surface area (Å²) in [5.41, 5.74) is -0.131. The first-order valence-electron chi connectivity index (χ1n) is 6.48. The van der Waals surface area contributed by atoms with E-state index in [1.165, 1.54) is 6.20 Å². The minimum absolute atomic E-state index is 0.115. The lowest BCUT2D eigenvalue weighted by Crippen LogP contribution is -2.32. The summed E-state index contributed by atoms with van der Waals surface area (Å²) >= 11 is 0. The van der Waals surface area contributed by atoms with Crippen LogP contribution in [-0.4, -0.2) is 25.4 Å². The Labute approximate surface area is 115 Å². The van der Waals surface area contributed by atoms with E-state index in [9.17, 15) is 9.59 Å². The summed E-state index contributed by atoms with van der Waals surface area (Å²) in [7, 11) is 1.90. The van der Waals surface area contributed by atoms with Crippen molar-refractivity contribution in [3.63, 3.8) is 0 Å². The number of carbonyl (C=O) groups excluding carboxylic acids is 1. The predicted molar refractivity (Wildman–Crippen MR) is 71.0 cm³/mol. The quantitative estimate of drug-likeness (QED) is 0.842. The molecule has 0 radical (unpaired) electrons. The predicted octanol–water partition coefficient (Wildman–Crippen LogP) is 0.384. The minimum atomic E-state index is -0.329. The summed E-state index contributed by atoms with van der Waals surface area (Å²) in [6.45, 7) is 0. The molecule has 2 aromatic rings. The Morgan fingerprint density at radius 1 is 1.50 bits per heavy atom. The third-order valence-corrected chi connectivity index (χ3v) is 3.42.